The number of alkyl halides is 1. The molecule has 0 atom stereocenters. The summed E-state index contributed by atoms with van der Waals surface area (Å²) in [6.07, 6.45) is 1.39. The van der Waals surface area contributed by atoms with Crippen molar-refractivity contribution in [3.63, 3.8) is 0 Å². The third kappa shape index (κ3) is 1.77. The van der Waals surface area contributed by atoms with E-state index in [1.165, 1.54) is 4.68 Å². The fourth-order valence-corrected chi connectivity index (χ4v) is 0.798. The maximum Gasteiger partial charge on any atom is 0.355 e. The Labute approximate surface area is 67.8 Å². The quantitative estimate of drug-likeness (QED) is 0.712. The van der Waals surface area contributed by atoms with Crippen molar-refractivity contribution in [1.82, 2.24) is 15.0 Å². The molecule has 0 aliphatic heterocycles. The number of nitrogens with zero attached hydrogens (tertiary/aromatic N) is 3. The molecule has 66 valence electrons. The molecule has 0 radical (unpaired) electrons. The molecule has 6 heteroatoms. The Bertz CT molecular complexity index is 274. The van der Waals surface area contributed by atoms with E-state index in [0.29, 0.717) is 0 Å². The van der Waals surface area contributed by atoms with E-state index in [2.05, 4.69) is 10.3 Å². The molecular formula is C6H8FN3O2. The molecule has 0 aromatic carbocycles. The predicted octanol–water partition coefficient (Wildman–Crippen LogP) is 0.336. The van der Waals surface area contributed by atoms with Crippen LogP contribution in [0.2, 0.25) is 0 Å². The summed E-state index contributed by atoms with van der Waals surface area (Å²) in [5.74, 6) is -1.10. The van der Waals surface area contributed by atoms with Crippen LogP contribution in [0.15, 0.2) is 6.20 Å². The smallest absolute Gasteiger partial charge is 0.355 e. The summed E-state index contributed by atoms with van der Waals surface area (Å²) in [5.41, 5.74) is -0.0107. The summed E-state index contributed by atoms with van der Waals surface area (Å²) in [6.45, 7) is -0.239. The molecule has 0 unspecified atom stereocenters. The van der Waals surface area contributed by atoms with Gasteiger partial charge in [-0.2, -0.15) is 0 Å². The maximum atomic E-state index is 11.7. The van der Waals surface area contributed by atoms with Gasteiger partial charge >= 0.3 is 5.97 Å². The molecule has 5 nitrogen and oxygen atoms in total. The lowest BCUT2D eigenvalue weighted by Gasteiger charge is -1.98. The van der Waals surface area contributed by atoms with Gasteiger partial charge in [0.1, 0.15) is 0 Å². The number of carbonyl (C=O) groups is 1. The highest BCUT2D eigenvalue weighted by atomic mass is 19.1. The Kier molecular flexibility index (Phi) is 2.73. The number of aryl methyl sites for hydroxylation is 1. The van der Waals surface area contributed by atoms with Gasteiger partial charge in [0.15, 0.2) is 5.69 Å². The van der Waals surface area contributed by atoms with Crippen LogP contribution >= 0.6 is 0 Å². The van der Waals surface area contributed by atoms with Crippen LogP contribution in [0.1, 0.15) is 16.9 Å². The number of rotatable bonds is 4. The van der Waals surface area contributed by atoms with E-state index >= 15 is 0 Å². The first-order valence-corrected chi connectivity index (χ1v) is 3.43. The van der Waals surface area contributed by atoms with E-state index in [9.17, 15) is 9.18 Å². The second-order valence-corrected chi connectivity index (χ2v) is 2.19. The van der Waals surface area contributed by atoms with Crippen LogP contribution in [0, 0.1) is 0 Å². The predicted molar refractivity (Wildman–Crippen MR) is 37.6 cm³/mol. The van der Waals surface area contributed by atoms with Gasteiger partial charge in [0.05, 0.1) is 12.9 Å². The Morgan fingerprint density at radius 3 is 3.08 bits per heavy atom. The lowest BCUT2D eigenvalue weighted by atomic mass is 10.4. The highest BCUT2D eigenvalue weighted by Gasteiger charge is 2.10. The van der Waals surface area contributed by atoms with Gasteiger partial charge in [-0.1, -0.05) is 5.21 Å². The van der Waals surface area contributed by atoms with Crippen LogP contribution in [-0.4, -0.2) is 32.7 Å². The minimum absolute atomic E-state index is 0.0107. The van der Waals surface area contributed by atoms with Gasteiger partial charge in [-0.25, -0.2) is 9.48 Å². The number of hydrogen-bond acceptors (Lipinski definition) is 3. The molecule has 0 amide bonds. The summed E-state index contributed by atoms with van der Waals surface area (Å²) in [5, 5.41) is 15.5. The van der Waals surface area contributed by atoms with Crippen molar-refractivity contribution in [3.05, 3.63) is 11.9 Å². The molecule has 1 heterocycles. The van der Waals surface area contributed by atoms with Gasteiger partial charge in [0.25, 0.3) is 0 Å². The topological polar surface area (TPSA) is 68.0 Å². The standard InChI is InChI=1S/C6H8FN3O2/c7-2-1-3-10-5(6(11)12)4-8-9-10/h4H,1-3H2,(H,11,12). The number of aromatic carboxylic acids is 1. The van der Waals surface area contributed by atoms with E-state index < -0.39 is 12.6 Å². The Balaban J connectivity index is 2.70. The molecule has 0 aliphatic carbocycles. The van der Waals surface area contributed by atoms with Gasteiger partial charge in [-0.05, 0) is 6.42 Å². The van der Waals surface area contributed by atoms with Crippen molar-refractivity contribution in [3.8, 4) is 0 Å². The minimum atomic E-state index is -1.10. The number of halogens is 1. The number of carboxylic acids is 1. The number of aromatic nitrogens is 3. The summed E-state index contributed by atoms with van der Waals surface area (Å²) in [4.78, 5) is 10.5. The molecule has 0 spiro atoms. The van der Waals surface area contributed by atoms with E-state index in [1.807, 2.05) is 0 Å². The average Bonchev–Trinajstić information content (AvgIpc) is 2.48. The first kappa shape index (κ1) is 8.63. The Hall–Kier alpha value is -1.46. The molecule has 0 fully saturated rings. The third-order valence-corrected chi connectivity index (χ3v) is 1.34. The fourth-order valence-electron chi connectivity index (χ4n) is 0.798. The van der Waals surface area contributed by atoms with Crippen LogP contribution in [0.3, 0.4) is 0 Å². The number of hydrogen-bond donors (Lipinski definition) is 1. The summed E-state index contributed by atoms with van der Waals surface area (Å²) in [7, 11) is 0. The van der Waals surface area contributed by atoms with Crippen LogP contribution < -0.4 is 0 Å². The van der Waals surface area contributed by atoms with Gasteiger partial charge in [-0.3, -0.25) is 4.39 Å². The summed E-state index contributed by atoms with van der Waals surface area (Å²) in [6, 6.07) is 0. The van der Waals surface area contributed by atoms with Crippen LogP contribution in [0.5, 0.6) is 0 Å². The lowest BCUT2D eigenvalue weighted by molar-refractivity contribution is 0.0682. The number of carboxylic acid groups (broad SMARTS) is 1. The summed E-state index contributed by atoms with van der Waals surface area (Å²) < 4.78 is 12.9. The van der Waals surface area contributed by atoms with Crippen molar-refractivity contribution in [2.45, 2.75) is 13.0 Å². The molecule has 0 saturated heterocycles. The molecule has 0 saturated carbocycles. The largest absolute Gasteiger partial charge is 0.476 e. The Morgan fingerprint density at radius 2 is 2.50 bits per heavy atom. The molecule has 1 N–H and O–H groups in total. The average molecular weight is 173 g/mol. The van der Waals surface area contributed by atoms with E-state index in [4.69, 9.17) is 5.11 Å². The molecule has 1 aromatic heterocycles. The van der Waals surface area contributed by atoms with E-state index in [0.717, 1.165) is 6.20 Å². The monoisotopic (exact) mass is 173 g/mol. The van der Waals surface area contributed by atoms with Crippen LogP contribution in [0.4, 0.5) is 4.39 Å². The minimum Gasteiger partial charge on any atom is -0.476 e. The maximum absolute atomic E-state index is 11.7. The zero-order valence-electron chi connectivity index (χ0n) is 6.27. The first-order valence-electron chi connectivity index (χ1n) is 3.43. The van der Waals surface area contributed by atoms with Gasteiger partial charge < -0.3 is 5.11 Å². The Morgan fingerprint density at radius 1 is 1.75 bits per heavy atom. The zero-order chi connectivity index (χ0) is 8.97. The summed E-state index contributed by atoms with van der Waals surface area (Å²) >= 11 is 0. The van der Waals surface area contributed by atoms with Crippen molar-refractivity contribution in [1.29, 1.82) is 0 Å². The second kappa shape index (κ2) is 3.80. The van der Waals surface area contributed by atoms with Crippen molar-refractivity contribution in [2.75, 3.05) is 6.67 Å². The molecule has 12 heavy (non-hydrogen) atoms. The SMILES string of the molecule is O=C(O)c1cnnn1CCCF. The van der Waals surface area contributed by atoms with Crippen molar-refractivity contribution < 1.29 is 14.3 Å². The van der Waals surface area contributed by atoms with E-state index in [-0.39, 0.29) is 18.7 Å². The van der Waals surface area contributed by atoms with Crippen molar-refractivity contribution >= 4 is 5.97 Å². The zero-order valence-corrected chi connectivity index (χ0v) is 6.27. The first-order chi connectivity index (χ1) is 5.75. The highest BCUT2D eigenvalue weighted by Crippen LogP contribution is 1.97. The van der Waals surface area contributed by atoms with Crippen LogP contribution in [-0.2, 0) is 6.54 Å². The fraction of sp³-hybridized carbons (Fsp3) is 0.500. The molecule has 1 rings (SSSR count). The van der Waals surface area contributed by atoms with Crippen LogP contribution in [0.25, 0.3) is 0 Å². The van der Waals surface area contributed by atoms with Gasteiger partial charge in [0, 0.05) is 6.54 Å². The highest BCUT2D eigenvalue weighted by molar-refractivity contribution is 5.85. The second-order valence-electron chi connectivity index (χ2n) is 2.19. The lowest BCUT2D eigenvalue weighted by Crippen LogP contribution is -2.10. The van der Waals surface area contributed by atoms with Gasteiger partial charge in [0.2, 0.25) is 0 Å². The van der Waals surface area contributed by atoms with Gasteiger partial charge in [-0.15, -0.1) is 5.10 Å². The third-order valence-electron chi connectivity index (χ3n) is 1.34. The molecular weight excluding hydrogens is 165 g/mol. The normalized spacial score (nSPS) is 10.1. The molecule has 1 aromatic rings. The molecule has 0 bridgehead atoms. The molecule has 0 aliphatic rings. The van der Waals surface area contributed by atoms with Crippen molar-refractivity contribution in [2.24, 2.45) is 0 Å². The van der Waals surface area contributed by atoms with E-state index in [1.54, 1.807) is 0 Å².